The van der Waals surface area contributed by atoms with Crippen molar-refractivity contribution in [3.63, 3.8) is 0 Å². The number of aryl methyl sites for hydroxylation is 1. The van der Waals surface area contributed by atoms with Gasteiger partial charge >= 0.3 is 6.03 Å². The number of nitrogens with one attached hydrogen (secondary N) is 3. The second kappa shape index (κ2) is 8.66. The van der Waals surface area contributed by atoms with Crippen LogP contribution in [0.25, 0.3) is 0 Å². The first-order chi connectivity index (χ1) is 13.0. The van der Waals surface area contributed by atoms with Gasteiger partial charge in [-0.15, -0.1) is 11.3 Å². The van der Waals surface area contributed by atoms with Crippen LogP contribution in [-0.4, -0.2) is 16.9 Å². The second-order valence-corrected chi connectivity index (χ2v) is 7.12. The van der Waals surface area contributed by atoms with Crippen LogP contribution >= 0.6 is 22.9 Å². The maximum atomic E-state index is 12.1. The molecule has 3 N–H and O–H groups in total. The lowest BCUT2D eigenvalue weighted by Crippen LogP contribution is -2.19. The lowest BCUT2D eigenvalue weighted by atomic mass is 10.2. The normalized spacial score (nSPS) is 10.3. The number of carbonyl (C=O) groups excluding carboxylic acids is 2. The van der Waals surface area contributed by atoms with Crippen molar-refractivity contribution in [2.45, 2.75) is 13.3 Å². The summed E-state index contributed by atoms with van der Waals surface area (Å²) in [5.41, 5.74) is 3.00. The fourth-order valence-electron chi connectivity index (χ4n) is 2.28. The van der Waals surface area contributed by atoms with E-state index in [0.29, 0.717) is 27.2 Å². The average Bonchev–Trinajstić information content (AvgIpc) is 3.03. The second-order valence-electron chi connectivity index (χ2n) is 5.82. The first kappa shape index (κ1) is 18.9. The van der Waals surface area contributed by atoms with Crippen LogP contribution in [0, 0.1) is 6.92 Å². The van der Waals surface area contributed by atoms with Crippen LogP contribution in [0.1, 0.15) is 11.3 Å². The van der Waals surface area contributed by atoms with Gasteiger partial charge in [-0.25, -0.2) is 9.78 Å². The fraction of sp³-hybridized carbons (Fsp3) is 0.105. The molecule has 0 spiro atoms. The van der Waals surface area contributed by atoms with Gasteiger partial charge in [-0.2, -0.15) is 0 Å². The summed E-state index contributed by atoms with van der Waals surface area (Å²) in [6, 6.07) is 14.0. The molecule has 0 aliphatic heterocycles. The molecule has 1 aromatic heterocycles. The predicted molar refractivity (Wildman–Crippen MR) is 110 cm³/mol. The predicted octanol–water partition coefficient (Wildman–Crippen LogP) is 4.93. The van der Waals surface area contributed by atoms with E-state index in [4.69, 9.17) is 11.6 Å². The molecule has 3 amide bonds. The quantitative estimate of drug-likeness (QED) is 0.567. The molecule has 3 rings (SSSR count). The maximum absolute atomic E-state index is 12.1. The zero-order valence-corrected chi connectivity index (χ0v) is 16.0. The minimum Gasteiger partial charge on any atom is -0.326 e. The van der Waals surface area contributed by atoms with Gasteiger partial charge in [-0.05, 0) is 37.3 Å². The summed E-state index contributed by atoms with van der Waals surface area (Å²) in [7, 11) is 0. The third-order valence-electron chi connectivity index (χ3n) is 3.53. The summed E-state index contributed by atoms with van der Waals surface area (Å²) in [5.74, 6) is -0.210. The molecule has 138 valence electrons. The van der Waals surface area contributed by atoms with Crippen molar-refractivity contribution >= 4 is 51.4 Å². The lowest BCUT2D eigenvalue weighted by molar-refractivity contribution is -0.115. The SMILES string of the molecule is Cc1ccc(NC(=O)Nc2nc(CC(=O)Nc3cccc(Cl)c3)cs2)cc1. The number of hydrogen-bond donors (Lipinski definition) is 3. The molecular weight excluding hydrogens is 384 g/mol. The number of anilines is 3. The minimum atomic E-state index is -0.386. The Balaban J connectivity index is 1.52. The standard InChI is InChI=1S/C19H17ClN4O2S/c1-12-5-7-14(8-6-12)22-18(26)24-19-23-16(11-27-19)10-17(25)21-15-4-2-3-13(20)9-15/h2-9,11H,10H2,1H3,(H,21,25)(H2,22,23,24,26). The number of aromatic nitrogens is 1. The highest BCUT2D eigenvalue weighted by Crippen LogP contribution is 2.18. The molecule has 27 heavy (non-hydrogen) atoms. The number of amides is 3. The van der Waals surface area contributed by atoms with Crippen LogP contribution in [0.2, 0.25) is 5.02 Å². The highest BCUT2D eigenvalue weighted by molar-refractivity contribution is 7.14. The molecule has 6 nitrogen and oxygen atoms in total. The Morgan fingerprint density at radius 2 is 1.81 bits per heavy atom. The van der Waals surface area contributed by atoms with E-state index in [2.05, 4.69) is 20.9 Å². The first-order valence-electron chi connectivity index (χ1n) is 8.12. The molecule has 8 heteroatoms. The van der Waals surface area contributed by atoms with E-state index in [0.717, 1.165) is 5.56 Å². The Labute approximate surface area is 165 Å². The molecule has 0 atom stereocenters. The van der Waals surface area contributed by atoms with Gasteiger partial charge in [0.05, 0.1) is 12.1 Å². The Morgan fingerprint density at radius 1 is 1.04 bits per heavy atom. The van der Waals surface area contributed by atoms with E-state index >= 15 is 0 Å². The van der Waals surface area contributed by atoms with Crippen molar-refractivity contribution in [3.8, 4) is 0 Å². The van der Waals surface area contributed by atoms with Gasteiger partial charge in [0.1, 0.15) is 0 Å². The van der Waals surface area contributed by atoms with Crippen molar-refractivity contribution in [3.05, 3.63) is 70.2 Å². The highest BCUT2D eigenvalue weighted by atomic mass is 35.5. The molecular formula is C19H17ClN4O2S. The van der Waals surface area contributed by atoms with Gasteiger partial charge in [0.15, 0.2) is 5.13 Å². The smallest absolute Gasteiger partial charge is 0.325 e. The minimum absolute atomic E-state index is 0.101. The third-order valence-corrected chi connectivity index (χ3v) is 4.57. The lowest BCUT2D eigenvalue weighted by Gasteiger charge is -2.05. The number of halogens is 1. The molecule has 0 fully saturated rings. The van der Waals surface area contributed by atoms with Crippen LogP contribution in [-0.2, 0) is 11.2 Å². The van der Waals surface area contributed by atoms with Crippen LogP contribution in [0.4, 0.5) is 21.3 Å². The zero-order chi connectivity index (χ0) is 19.2. The topological polar surface area (TPSA) is 83.1 Å². The number of benzene rings is 2. The molecule has 3 aromatic rings. The summed E-state index contributed by atoms with van der Waals surface area (Å²) in [5, 5.41) is 10.9. The van der Waals surface area contributed by atoms with Crippen LogP contribution in [0.15, 0.2) is 53.9 Å². The maximum Gasteiger partial charge on any atom is 0.325 e. The number of nitrogens with zero attached hydrogens (tertiary/aromatic N) is 1. The number of rotatable bonds is 5. The molecule has 0 radical (unpaired) electrons. The zero-order valence-electron chi connectivity index (χ0n) is 14.5. The molecule has 1 heterocycles. The average molecular weight is 401 g/mol. The van der Waals surface area contributed by atoms with Crippen molar-refractivity contribution in [1.82, 2.24) is 4.98 Å². The van der Waals surface area contributed by atoms with Gasteiger partial charge in [0.25, 0.3) is 0 Å². The van der Waals surface area contributed by atoms with Crippen molar-refractivity contribution in [2.24, 2.45) is 0 Å². The molecule has 2 aromatic carbocycles. The first-order valence-corrected chi connectivity index (χ1v) is 9.38. The Morgan fingerprint density at radius 3 is 2.56 bits per heavy atom. The van der Waals surface area contributed by atoms with Crippen molar-refractivity contribution in [2.75, 3.05) is 16.0 Å². The van der Waals surface area contributed by atoms with Crippen molar-refractivity contribution in [1.29, 1.82) is 0 Å². The molecule has 0 unspecified atom stereocenters. The Bertz CT molecular complexity index is 956. The van der Waals surface area contributed by atoms with E-state index in [1.54, 1.807) is 29.6 Å². The van der Waals surface area contributed by atoms with Gasteiger partial charge < -0.3 is 10.6 Å². The van der Waals surface area contributed by atoms with Crippen LogP contribution in [0.5, 0.6) is 0 Å². The summed E-state index contributed by atoms with van der Waals surface area (Å²) in [6.45, 7) is 1.98. The molecule has 0 bridgehead atoms. The van der Waals surface area contributed by atoms with E-state index in [9.17, 15) is 9.59 Å². The fourth-order valence-corrected chi connectivity index (χ4v) is 3.17. The summed E-state index contributed by atoms with van der Waals surface area (Å²) >= 11 is 7.16. The van der Waals surface area contributed by atoms with Gasteiger partial charge in [-0.3, -0.25) is 10.1 Å². The summed E-state index contributed by atoms with van der Waals surface area (Å²) < 4.78 is 0. The number of thiazole rings is 1. The Kier molecular flexibility index (Phi) is 6.05. The number of hydrogen-bond acceptors (Lipinski definition) is 4. The van der Waals surface area contributed by atoms with Gasteiger partial charge in [0, 0.05) is 21.8 Å². The number of urea groups is 1. The third kappa shape index (κ3) is 5.80. The van der Waals surface area contributed by atoms with E-state index < -0.39 is 0 Å². The van der Waals surface area contributed by atoms with Crippen LogP contribution in [0.3, 0.4) is 0 Å². The van der Waals surface area contributed by atoms with E-state index in [1.165, 1.54) is 11.3 Å². The monoisotopic (exact) mass is 400 g/mol. The molecule has 0 saturated carbocycles. The molecule has 0 aliphatic rings. The van der Waals surface area contributed by atoms with E-state index in [1.807, 2.05) is 31.2 Å². The highest BCUT2D eigenvalue weighted by Gasteiger charge is 2.10. The molecule has 0 saturated heterocycles. The largest absolute Gasteiger partial charge is 0.326 e. The summed E-state index contributed by atoms with van der Waals surface area (Å²) in [6.07, 6.45) is 0.101. The van der Waals surface area contributed by atoms with Crippen molar-refractivity contribution < 1.29 is 9.59 Å². The summed E-state index contributed by atoms with van der Waals surface area (Å²) in [4.78, 5) is 28.4. The van der Waals surface area contributed by atoms with Gasteiger partial charge in [-0.1, -0.05) is 35.4 Å². The number of carbonyl (C=O) groups is 2. The van der Waals surface area contributed by atoms with E-state index in [-0.39, 0.29) is 18.4 Å². The Hall–Kier alpha value is -2.90. The van der Waals surface area contributed by atoms with Crippen LogP contribution < -0.4 is 16.0 Å². The van der Waals surface area contributed by atoms with Gasteiger partial charge in [0.2, 0.25) is 5.91 Å². The molecule has 0 aliphatic carbocycles.